The minimum atomic E-state index is 0. The van der Waals surface area contributed by atoms with Gasteiger partial charge in [-0.25, -0.2) is 0 Å². The quantitative estimate of drug-likeness (QED) is 0.468. The standard InChI is InChI=1S/C14H18.3C2H6.V/c1-10-11-8-12-4-7-13(12)5-2-3-6-14(10,13)9-11;3*1-2;/h2-3,5-6,10-12H,4,7-9H2,1H3;3*1-2H3;. The van der Waals surface area contributed by atoms with Gasteiger partial charge in [0.15, 0.2) is 0 Å². The maximum Gasteiger partial charge on any atom is 0.000952 e. The molecular weight excluding hydrogens is 291 g/mol. The fourth-order valence-electron chi connectivity index (χ4n) is 5.13. The molecule has 0 aromatic heterocycles. The monoisotopic (exact) mass is 327 g/mol. The molecule has 5 atom stereocenters. The largest absolute Gasteiger partial charge is 0.0772 e. The molecule has 4 saturated carbocycles. The van der Waals surface area contributed by atoms with Crippen molar-refractivity contribution in [2.75, 3.05) is 0 Å². The first-order valence-electron chi connectivity index (χ1n) is 9.16. The van der Waals surface area contributed by atoms with E-state index in [1.165, 1.54) is 25.7 Å². The Labute approximate surface area is 145 Å². The van der Waals surface area contributed by atoms with E-state index in [1.54, 1.807) is 0 Å². The summed E-state index contributed by atoms with van der Waals surface area (Å²) in [6.07, 6.45) is 15.7. The van der Waals surface area contributed by atoms with Gasteiger partial charge in [-0.3, -0.25) is 0 Å². The average molecular weight is 327 g/mol. The Morgan fingerprint density at radius 2 is 1.38 bits per heavy atom. The van der Waals surface area contributed by atoms with E-state index in [1.807, 2.05) is 41.5 Å². The van der Waals surface area contributed by atoms with Gasteiger partial charge in [-0.05, 0) is 43.4 Å². The van der Waals surface area contributed by atoms with Gasteiger partial charge < -0.3 is 0 Å². The topological polar surface area (TPSA) is 0 Å². The van der Waals surface area contributed by atoms with Gasteiger partial charge >= 0.3 is 0 Å². The first kappa shape index (κ1) is 21.1. The van der Waals surface area contributed by atoms with Crippen molar-refractivity contribution in [3.8, 4) is 0 Å². The van der Waals surface area contributed by atoms with Gasteiger partial charge in [0, 0.05) is 29.4 Å². The Kier molecular flexibility index (Phi) is 8.66. The fourth-order valence-corrected chi connectivity index (χ4v) is 5.13. The average Bonchev–Trinajstić information content (AvgIpc) is 2.55. The molecule has 0 saturated heterocycles. The van der Waals surface area contributed by atoms with E-state index >= 15 is 0 Å². The van der Waals surface area contributed by atoms with Crippen LogP contribution in [0.4, 0.5) is 0 Å². The first-order valence-corrected chi connectivity index (χ1v) is 9.16. The zero-order valence-corrected chi connectivity index (χ0v) is 16.7. The van der Waals surface area contributed by atoms with Crippen molar-refractivity contribution in [2.45, 2.75) is 74.1 Å². The Hall–Kier alpha value is 0.0644. The summed E-state index contributed by atoms with van der Waals surface area (Å²) in [6, 6.07) is 0. The summed E-state index contributed by atoms with van der Waals surface area (Å²) in [5, 5.41) is 0. The molecule has 1 radical (unpaired) electrons. The van der Waals surface area contributed by atoms with Crippen molar-refractivity contribution in [2.24, 2.45) is 28.6 Å². The minimum absolute atomic E-state index is 0. The van der Waals surface area contributed by atoms with E-state index in [-0.39, 0.29) is 18.6 Å². The second kappa shape index (κ2) is 8.63. The van der Waals surface area contributed by atoms with Crippen LogP contribution in [0.2, 0.25) is 0 Å². The third-order valence-electron chi connectivity index (χ3n) is 6.11. The van der Waals surface area contributed by atoms with Crippen LogP contribution in [-0.4, -0.2) is 0 Å². The molecule has 121 valence electrons. The predicted octanol–water partition coefficient (Wildman–Crippen LogP) is 6.63. The number of hydrogen-bond acceptors (Lipinski definition) is 0. The van der Waals surface area contributed by atoms with Crippen molar-refractivity contribution in [3.63, 3.8) is 0 Å². The maximum absolute atomic E-state index is 2.56. The molecule has 0 aliphatic heterocycles. The molecule has 0 aromatic carbocycles. The van der Waals surface area contributed by atoms with Gasteiger partial charge in [0.2, 0.25) is 0 Å². The van der Waals surface area contributed by atoms with Crippen molar-refractivity contribution >= 4 is 0 Å². The van der Waals surface area contributed by atoms with Gasteiger partial charge in [0.25, 0.3) is 0 Å². The van der Waals surface area contributed by atoms with Crippen LogP contribution in [0.3, 0.4) is 0 Å². The van der Waals surface area contributed by atoms with Gasteiger partial charge in [-0.1, -0.05) is 72.8 Å². The van der Waals surface area contributed by atoms with Gasteiger partial charge in [-0.15, -0.1) is 0 Å². The van der Waals surface area contributed by atoms with Crippen LogP contribution in [0.15, 0.2) is 24.3 Å². The van der Waals surface area contributed by atoms with E-state index in [2.05, 4.69) is 31.2 Å². The van der Waals surface area contributed by atoms with Crippen molar-refractivity contribution in [3.05, 3.63) is 24.3 Å². The summed E-state index contributed by atoms with van der Waals surface area (Å²) in [6.45, 7) is 14.5. The minimum Gasteiger partial charge on any atom is -0.0772 e. The predicted molar refractivity (Wildman–Crippen MR) is 91.8 cm³/mol. The smallest absolute Gasteiger partial charge is 0.000952 e. The van der Waals surface area contributed by atoms with Crippen molar-refractivity contribution in [1.82, 2.24) is 0 Å². The Morgan fingerprint density at radius 3 is 1.76 bits per heavy atom. The third kappa shape index (κ3) is 2.72. The summed E-state index contributed by atoms with van der Waals surface area (Å²) in [4.78, 5) is 0. The van der Waals surface area contributed by atoms with Crippen molar-refractivity contribution in [1.29, 1.82) is 0 Å². The van der Waals surface area contributed by atoms with Gasteiger partial charge in [-0.2, -0.15) is 0 Å². The second-order valence-corrected chi connectivity index (χ2v) is 6.02. The van der Waals surface area contributed by atoms with Crippen LogP contribution < -0.4 is 0 Å². The molecule has 1 heteroatoms. The van der Waals surface area contributed by atoms with E-state index in [0.717, 1.165) is 17.8 Å². The SMILES string of the molecule is CC.CC.CC.CC1C2CC3CCC34C=CC=CC14C2.[V]. The van der Waals surface area contributed by atoms with Crippen LogP contribution in [0.1, 0.15) is 74.1 Å². The molecule has 21 heavy (non-hydrogen) atoms. The summed E-state index contributed by atoms with van der Waals surface area (Å²) in [5.74, 6) is 3.06. The maximum atomic E-state index is 2.56. The third-order valence-corrected chi connectivity index (χ3v) is 6.11. The van der Waals surface area contributed by atoms with Gasteiger partial charge in [0.1, 0.15) is 0 Å². The molecule has 4 fully saturated rings. The van der Waals surface area contributed by atoms with Crippen molar-refractivity contribution < 1.29 is 18.6 Å². The van der Waals surface area contributed by atoms with E-state index in [4.69, 9.17) is 0 Å². The molecule has 2 spiro atoms. The summed E-state index contributed by atoms with van der Waals surface area (Å²) < 4.78 is 0. The summed E-state index contributed by atoms with van der Waals surface area (Å²) >= 11 is 0. The van der Waals surface area contributed by atoms with Gasteiger partial charge in [0.05, 0.1) is 0 Å². The zero-order chi connectivity index (χ0) is 15.4. The molecule has 5 aliphatic rings. The summed E-state index contributed by atoms with van der Waals surface area (Å²) in [5.41, 5.74) is 1.23. The molecule has 2 bridgehead atoms. The molecule has 5 unspecified atom stereocenters. The van der Waals surface area contributed by atoms with Crippen LogP contribution in [0.5, 0.6) is 0 Å². The zero-order valence-electron chi connectivity index (χ0n) is 15.3. The Morgan fingerprint density at radius 1 is 0.857 bits per heavy atom. The summed E-state index contributed by atoms with van der Waals surface area (Å²) in [7, 11) is 0. The van der Waals surface area contributed by atoms with Crippen LogP contribution >= 0.6 is 0 Å². The van der Waals surface area contributed by atoms with E-state index in [0.29, 0.717) is 10.8 Å². The van der Waals surface area contributed by atoms with E-state index < -0.39 is 0 Å². The molecule has 0 aromatic rings. The molecule has 0 nitrogen and oxygen atoms in total. The number of rotatable bonds is 0. The van der Waals surface area contributed by atoms with Crippen LogP contribution in [0, 0.1) is 28.6 Å². The Balaban J connectivity index is 0.000000517. The molecule has 0 N–H and O–H groups in total. The first-order chi connectivity index (χ1) is 9.79. The Bertz CT molecular complexity index is 341. The normalized spacial score (nSPS) is 42.3. The number of hydrogen-bond donors (Lipinski definition) is 0. The van der Waals surface area contributed by atoms with Crippen LogP contribution in [-0.2, 0) is 18.6 Å². The molecule has 0 heterocycles. The van der Waals surface area contributed by atoms with Crippen LogP contribution in [0.25, 0.3) is 0 Å². The number of allylic oxidation sites excluding steroid dienone is 4. The molecule has 5 rings (SSSR count). The molecular formula is C20H36V. The fraction of sp³-hybridized carbons (Fsp3) is 0.800. The second-order valence-electron chi connectivity index (χ2n) is 6.02. The molecule has 0 amide bonds. The molecule has 5 aliphatic carbocycles. The van der Waals surface area contributed by atoms with E-state index in [9.17, 15) is 0 Å².